The third-order valence-electron chi connectivity index (χ3n) is 3.14. The van der Waals surface area contributed by atoms with Gasteiger partial charge in [0.05, 0.1) is 6.54 Å². The van der Waals surface area contributed by atoms with E-state index < -0.39 is 0 Å². The van der Waals surface area contributed by atoms with Crippen molar-refractivity contribution in [2.75, 3.05) is 11.4 Å². The van der Waals surface area contributed by atoms with Gasteiger partial charge < -0.3 is 9.47 Å². The fourth-order valence-corrected chi connectivity index (χ4v) is 2.22. The maximum atomic E-state index is 4.41. The summed E-state index contributed by atoms with van der Waals surface area (Å²) in [5, 5.41) is 16.0. The molecule has 8 heteroatoms. The lowest BCUT2D eigenvalue weighted by Crippen LogP contribution is -2.34. The van der Waals surface area contributed by atoms with Crippen molar-refractivity contribution < 1.29 is 0 Å². The predicted molar refractivity (Wildman–Crippen MR) is 61.9 cm³/mol. The first-order chi connectivity index (χ1) is 8.92. The quantitative estimate of drug-likeness (QED) is 0.585. The Labute approximate surface area is 102 Å². The Hall–Kier alpha value is -2.51. The Morgan fingerprint density at radius 2 is 2.00 bits per heavy atom. The smallest absolute Gasteiger partial charge is 0.203 e. The zero-order chi connectivity index (χ0) is 11.9. The largest absolute Gasteiger partial charge is 0.344 e. The van der Waals surface area contributed by atoms with Crippen LogP contribution in [0.15, 0.2) is 25.0 Å². The number of hydrogen-bond donors (Lipinski definition) is 0. The standard InChI is InChI=1S/C10H10N8/c1-2-18-7-13-15-10(18)9(11-1)16-3-4-17-6-12-14-8(17)5-16/h1-2,6-7H,3-5H2. The summed E-state index contributed by atoms with van der Waals surface area (Å²) in [5.74, 6) is 1.79. The number of nitrogens with zero attached hydrogens (tertiary/aromatic N) is 8. The number of hydrogen-bond acceptors (Lipinski definition) is 6. The molecular formula is C10H10N8. The minimum absolute atomic E-state index is 0.694. The molecule has 4 heterocycles. The maximum absolute atomic E-state index is 4.41. The van der Waals surface area contributed by atoms with E-state index in [4.69, 9.17) is 0 Å². The van der Waals surface area contributed by atoms with E-state index in [-0.39, 0.29) is 0 Å². The number of fused-ring (bicyclic) bond motifs is 2. The number of anilines is 1. The molecule has 0 amide bonds. The molecule has 3 aromatic rings. The van der Waals surface area contributed by atoms with Crippen LogP contribution in [0.1, 0.15) is 5.82 Å². The Morgan fingerprint density at radius 1 is 1.06 bits per heavy atom. The number of rotatable bonds is 1. The van der Waals surface area contributed by atoms with Gasteiger partial charge >= 0.3 is 0 Å². The highest BCUT2D eigenvalue weighted by Crippen LogP contribution is 2.20. The van der Waals surface area contributed by atoms with Gasteiger partial charge in [0.15, 0.2) is 11.6 Å². The molecule has 3 aromatic heterocycles. The summed E-state index contributed by atoms with van der Waals surface area (Å²) in [7, 11) is 0. The molecule has 0 bridgehead atoms. The van der Waals surface area contributed by atoms with Gasteiger partial charge in [0.2, 0.25) is 5.65 Å². The average Bonchev–Trinajstić information content (AvgIpc) is 3.05. The lowest BCUT2D eigenvalue weighted by atomic mass is 10.3. The molecule has 0 radical (unpaired) electrons. The summed E-state index contributed by atoms with van der Waals surface area (Å²) >= 11 is 0. The van der Waals surface area contributed by atoms with E-state index in [2.05, 4.69) is 34.8 Å². The third-order valence-corrected chi connectivity index (χ3v) is 3.14. The summed E-state index contributed by atoms with van der Waals surface area (Å²) in [6.07, 6.45) is 7.03. The third kappa shape index (κ3) is 1.28. The topological polar surface area (TPSA) is 77.0 Å². The molecule has 4 rings (SSSR count). The summed E-state index contributed by atoms with van der Waals surface area (Å²) in [5.41, 5.74) is 0.769. The van der Waals surface area contributed by atoms with Crippen LogP contribution in [-0.2, 0) is 13.1 Å². The van der Waals surface area contributed by atoms with Crippen molar-refractivity contribution in [3.05, 3.63) is 30.9 Å². The van der Waals surface area contributed by atoms with E-state index in [1.54, 1.807) is 18.9 Å². The fourth-order valence-electron chi connectivity index (χ4n) is 2.22. The predicted octanol–water partition coefficient (Wildman–Crippen LogP) is -0.264. The monoisotopic (exact) mass is 242 g/mol. The normalized spacial score (nSPS) is 15.0. The molecule has 1 aliphatic heterocycles. The molecule has 0 unspecified atom stereocenters. The summed E-state index contributed by atoms with van der Waals surface area (Å²) in [4.78, 5) is 6.55. The van der Waals surface area contributed by atoms with Crippen molar-refractivity contribution in [2.24, 2.45) is 0 Å². The van der Waals surface area contributed by atoms with Crippen LogP contribution in [0.2, 0.25) is 0 Å². The molecule has 0 aliphatic carbocycles. The van der Waals surface area contributed by atoms with Gasteiger partial charge in [-0.15, -0.1) is 20.4 Å². The second kappa shape index (κ2) is 3.49. The Kier molecular flexibility index (Phi) is 1.84. The highest BCUT2D eigenvalue weighted by molar-refractivity contribution is 5.63. The van der Waals surface area contributed by atoms with Gasteiger partial charge in [0.1, 0.15) is 12.7 Å². The molecule has 8 nitrogen and oxygen atoms in total. The molecule has 0 saturated carbocycles. The van der Waals surface area contributed by atoms with E-state index >= 15 is 0 Å². The first-order valence-electron chi connectivity index (χ1n) is 5.68. The lowest BCUT2D eigenvalue weighted by molar-refractivity contribution is 0.556. The average molecular weight is 242 g/mol. The molecular weight excluding hydrogens is 232 g/mol. The molecule has 0 saturated heterocycles. The van der Waals surface area contributed by atoms with E-state index in [0.717, 1.165) is 30.4 Å². The molecule has 18 heavy (non-hydrogen) atoms. The van der Waals surface area contributed by atoms with Crippen LogP contribution in [0, 0.1) is 0 Å². The van der Waals surface area contributed by atoms with Crippen LogP contribution in [0.3, 0.4) is 0 Å². The van der Waals surface area contributed by atoms with E-state index in [1.165, 1.54) is 0 Å². The SMILES string of the molecule is c1cn2cnnc2c(N2CCn3cnnc3C2)n1. The second-order valence-corrected chi connectivity index (χ2v) is 4.17. The Balaban J connectivity index is 1.78. The van der Waals surface area contributed by atoms with Crippen molar-refractivity contribution in [1.82, 2.24) is 34.3 Å². The lowest BCUT2D eigenvalue weighted by Gasteiger charge is -2.27. The Morgan fingerprint density at radius 3 is 3.00 bits per heavy atom. The van der Waals surface area contributed by atoms with Gasteiger partial charge in [0, 0.05) is 25.5 Å². The molecule has 0 aromatic carbocycles. The van der Waals surface area contributed by atoms with Gasteiger partial charge in [-0.25, -0.2) is 4.98 Å². The van der Waals surface area contributed by atoms with Crippen LogP contribution in [0.5, 0.6) is 0 Å². The van der Waals surface area contributed by atoms with Crippen molar-refractivity contribution in [2.45, 2.75) is 13.1 Å². The minimum Gasteiger partial charge on any atom is -0.344 e. The molecule has 0 atom stereocenters. The second-order valence-electron chi connectivity index (χ2n) is 4.17. The van der Waals surface area contributed by atoms with Gasteiger partial charge in [-0.05, 0) is 0 Å². The van der Waals surface area contributed by atoms with Crippen LogP contribution in [0.4, 0.5) is 5.82 Å². The Bertz CT molecular complexity index is 699. The zero-order valence-electron chi connectivity index (χ0n) is 9.51. The first-order valence-corrected chi connectivity index (χ1v) is 5.68. The van der Waals surface area contributed by atoms with Crippen LogP contribution >= 0.6 is 0 Å². The summed E-state index contributed by atoms with van der Waals surface area (Å²) in [6, 6.07) is 0. The van der Waals surface area contributed by atoms with Crippen molar-refractivity contribution in [1.29, 1.82) is 0 Å². The zero-order valence-corrected chi connectivity index (χ0v) is 9.51. The molecule has 0 fully saturated rings. The van der Waals surface area contributed by atoms with Gasteiger partial charge in [-0.2, -0.15) is 0 Å². The van der Waals surface area contributed by atoms with Crippen molar-refractivity contribution >= 4 is 11.5 Å². The summed E-state index contributed by atoms with van der Waals surface area (Å²) in [6.45, 7) is 2.42. The minimum atomic E-state index is 0.694. The summed E-state index contributed by atoms with van der Waals surface area (Å²) < 4.78 is 3.92. The molecule has 90 valence electrons. The highest BCUT2D eigenvalue weighted by Gasteiger charge is 2.21. The molecule has 1 aliphatic rings. The van der Waals surface area contributed by atoms with E-state index in [9.17, 15) is 0 Å². The number of aromatic nitrogens is 7. The van der Waals surface area contributed by atoms with Gasteiger partial charge in [-0.1, -0.05) is 0 Å². The maximum Gasteiger partial charge on any atom is 0.203 e. The highest BCUT2D eigenvalue weighted by atomic mass is 15.3. The van der Waals surface area contributed by atoms with Gasteiger partial charge in [-0.3, -0.25) is 4.40 Å². The van der Waals surface area contributed by atoms with Crippen molar-refractivity contribution in [3.63, 3.8) is 0 Å². The van der Waals surface area contributed by atoms with Crippen LogP contribution in [0.25, 0.3) is 5.65 Å². The van der Waals surface area contributed by atoms with Crippen molar-refractivity contribution in [3.8, 4) is 0 Å². The van der Waals surface area contributed by atoms with E-state index in [0.29, 0.717) is 6.54 Å². The molecule has 0 N–H and O–H groups in total. The first kappa shape index (κ1) is 9.51. The van der Waals surface area contributed by atoms with Crippen LogP contribution in [-0.4, -0.2) is 40.9 Å². The van der Waals surface area contributed by atoms with Crippen LogP contribution < -0.4 is 4.90 Å². The van der Waals surface area contributed by atoms with E-state index in [1.807, 2.05) is 10.6 Å². The molecule has 0 spiro atoms. The fraction of sp³-hybridized carbons (Fsp3) is 0.300. The van der Waals surface area contributed by atoms with Gasteiger partial charge in [0.25, 0.3) is 0 Å².